The molecule has 0 spiro atoms. The van der Waals surface area contributed by atoms with Crippen molar-refractivity contribution in [2.24, 2.45) is 0 Å². The fraction of sp³-hybridized carbons (Fsp3) is 0.417. The minimum absolute atomic E-state index is 0.132. The maximum absolute atomic E-state index is 11.5. The second kappa shape index (κ2) is 5.71. The molecule has 0 N–H and O–H groups in total. The van der Waals surface area contributed by atoms with Crippen LogP contribution in [0.5, 0.6) is 0 Å². The largest absolute Gasteiger partial charge is 0.460 e. The van der Waals surface area contributed by atoms with Gasteiger partial charge in [-0.25, -0.2) is 0 Å². The molecule has 0 radical (unpaired) electrons. The zero-order valence-electron chi connectivity index (χ0n) is 9.92. The van der Waals surface area contributed by atoms with E-state index in [0.29, 0.717) is 6.32 Å². The maximum Gasteiger partial charge on any atom is 0.299 e. The molecule has 0 saturated carbocycles. The predicted molar refractivity (Wildman–Crippen MR) is 76.6 cm³/mol. The highest BCUT2D eigenvalue weighted by Gasteiger charge is 2.16. The van der Waals surface area contributed by atoms with Gasteiger partial charge in [-0.2, -0.15) is 0 Å². The molecule has 4 heteroatoms. The zero-order valence-corrected chi connectivity index (χ0v) is 12.1. The van der Waals surface area contributed by atoms with Crippen molar-refractivity contribution in [2.75, 3.05) is 0 Å². The number of hydrogen-bond donors (Lipinski definition) is 0. The topological polar surface area (TPSA) is 26.3 Å². The lowest BCUT2D eigenvalue weighted by atomic mass is 9.67. The lowest BCUT2D eigenvalue weighted by Gasteiger charge is -2.19. The van der Waals surface area contributed by atoms with Gasteiger partial charge in [0.1, 0.15) is 5.60 Å². The molecule has 1 rings (SSSR count). The molecule has 0 fully saturated rings. The minimum atomic E-state index is -0.388. The average Bonchev–Trinajstić information content (AvgIpc) is 2.14. The number of benzene rings is 1. The molecule has 0 saturated heterocycles. The molecule has 0 amide bonds. The number of rotatable bonds is 3. The van der Waals surface area contributed by atoms with Crippen molar-refractivity contribution in [2.45, 2.75) is 32.7 Å². The summed E-state index contributed by atoms with van der Waals surface area (Å²) in [7, 11) is 0.744. The molecule has 0 aliphatic rings. The molecule has 16 heavy (non-hydrogen) atoms. The van der Waals surface area contributed by atoms with Gasteiger partial charge in [0.15, 0.2) is 7.28 Å². The molecular weight excluding hydrogens is 314 g/mol. The van der Waals surface area contributed by atoms with Gasteiger partial charge in [0.05, 0.1) is 0 Å². The Balaban J connectivity index is 2.47. The van der Waals surface area contributed by atoms with Crippen molar-refractivity contribution in [3.63, 3.8) is 0 Å². The summed E-state index contributed by atoms with van der Waals surface area (Å²) in [5.41, 5.74) is 0.815. The zero-order chi connectivity index (χ0) is 12.2. The van der Waals surface area contributed by atoms with E-state index in [0.717, 1.165) is 7.28 Å². The number of hydrogen-bond acceptors (Lipinski definition) is 2. The van der Waals surface area contributed by atoms with Crippen LogP contribution in [0.4, 0.5) is 0 Å². The summed E-state index contributed by atoms with van der Waals surface area (Å²) < 4.78 is 6.46. The van der Waals surface area contributed by atoms with Crippen molar-refractivity contribution in [1.82, 2.24) is 0 Å². The Hall–Kier alpha value is -0.515. The summed E-state index contributed by atoms with van der Waals surface area (Å²) in [5, 5.41) is 0. The van der Waals surface area contributed by atoms with Crippen LogP contribution >= 0.6 is 22.6 Å². The lowest BCUT2D eigenvalue weighted by Crippen LogP contribution is -2.27. The van der Waals surface area contributed by atoms with E-state index >= 15 is 0 Å². The van der Waals surface area contributed by atoms with Crippen LogP contribution in [0.25, 0.3) is 0 Å². The fourth-order valence-electron chi connectivity index (χ4n) is 1.33. The van der Waals surface area contributed by atoms with Gasteiger partial charge in [-0.15, -0.1) is 0 Å². The highest BCUT2D eigenvalue weighted by Crippen LogP contribution is 2.08. The Labute approximate surface area is 111 Å². The molecule has 1 aromatic carbocycles. The lowest BCUT2D eigenvalue weighted by molar-refractivity contribution is -0.151. The smallest absolute Gasteiger partial charge is 0.299 e. The van der Waals surface area contributed by atoms with Gasteiger partial charge >= 0.3 is 0 Å². The third kappa shape index (κ3) is 5.01. The van der Waals surface area contributed by atoms with E-state index in [4.69, 9.17) is 4.74 Å². The Bertz CT molecular complexity index is 372. The summed E-state index contributed by atoms with van der Waals surface area (Å²) in [6, 6.07) is 8.09. The molecule has 2 nitrogen and oxygen atoms in total. The van der Waals surface area contributed by atoms with Crippen molar-refractivity contribution in [3.05, 3.63) is 27.8 Å². The van der Waals surface area contributed by atoms with E-state index in [1.165, 1.54) is 9.03 Å². The molecule has 86 valence electrons. The van der Waals surface area contributed by atoms with Crippen LogP contribution < -0.4 is 5.46 Å². The average molecular weight is 330 g/mol. The van der Waals surface area contributed by atoms with E-state index < -0.39 is 0 Å². The monoisotopic (exact) mass is 330 g/mol. The SMILES string of the molecule is CC(C)(C)OC(=O)CBc1ccccc1I. The first-order chi connectivity index (χ1) is 7.38. The van der Waals surface area contributed by atoms with Gasteiger partial charge in [-0.1, -0.05) is 23.7 Å². The molecule has 1 aromatic rings. The van der Waals surface area contributed by atoms with E-state index in [1.807, 2.05) is 45.0 Å². The highest BCUT2D eigenvalue weighted by atomic mass is 127. The Morgan fingerprint density at radius 1 is 1.38 bits per heavy atom. The quantitative estimate of drug-likeness (QED) is 0.482. The normalized spacial score (nSPS) is 11.0. The van der Waals surface area contributed by atoms with Gasteiger partial charge < -0.3 is 4.74 Å². The number of halogens is 1. The van der Waals surface area contributed by atoms with Gasteiger partial charge in [0, 0.05) is 9.89 Å². The van der Waals surface area contributed by atoms with Crippen LogP contribution in [0.15, 0.2) is 24.3 Å². The second-order valence-corrected chi connectivity index (χ2v) is 5.84. The van der Waals surface area contributed by atoms with Crippen LogP contribution in [-0.4, -0.2) is 18.8 Å². The van der Waals surface area contributed by atoms with E-state index in [9.17, 15) is 4.79 Å². The minimum Gasteiger partial charge on any atom is -0.460 e. The molecule has 0 aliphatic heterocycles. The fourth-order valence-corrected chi connectivity index (χ4v) is 1.99. The number of ether oxygens (including phenoxy) is 1. The third-order valence-electron chi connectivity index (χ3n) is 1.98. The Kier molecular flexibility index (Phi) is 4.83. The second-order valence-electron chi connectivity index (χ2n) is 4.68. The van der Waals surface area contributed by atoms with Crippen LogP contribution in [0.1, 0.15) is 20.8 Å². The van der Waals surface area contributed by atoms with Crippen molar-refractivity contribution in [1.29, 1.82) is 0 Å². The summed E-state index contributed by atoms with van der Waals surface area (Å²) >= 11 is 2.28. The van der Waals surface area contributed by atoms with Crippen molar-refractivity contribution >= 4 is 41.3 Å². The van der Waals surface area contributed by atoms with Gasteiger partial charge in [-0.05, 0) is 49.4 Å². The van der Waals surface area contributed by atoms with Crippen molar-refractivity contribution in [3.8, 4) is 0 Å². The molecule has 0 atom stereocenters. The van der Waals surface area contributed by atoms with Gasteiger partial charge in [0.2, 0.25) is 0 Å². The van der Waals surface area contributed by atoms with Crippen LogP contribution in [-0.2, 0) is 9.53 Å². The molecule has 0 aromatic heterocycles. The molecule has 0 heterocycles. The van der Waals surface area contributed by atoms with Crippen LogP contribution in [0.3, 0.4) is 0 Å². The number of carbonyl (C=O) groups is 1. The first kappa shape index (κ1) is 13.5. The molecule has 0 bridgehead atoms. The first-order valence-electron chi connectivity index (χ1n) is 5.34. The van der Waals surface area contributed by atoms with E-state index in [-0.39, 0.29) is 11.6 Å². The first-order valence-corrected chi connectivity index (χ1v) is 6.41. The Morgan fingerprint density at radius 2 is 2.00 bits per heavy atom. The van der Waals surface area contributed by atoms with Gasteiger partial charge in [0.25, 0.3) is 5.97 Å². The van der Waals surface area contributed by atoms with Gasteiger partial charge in [-0.3, -0.25) is 4.79 Å². The summed E-state index contributed by atoms with van der Waals surface area (Å²) in [6.07, 6.45) is 0.442. The summed E-state index contributed by atoms with van der Waals surface area (Å²) in [6.45, 7) is 5.66. The number of esters is 1. The maximum atomic E-state index is 11.5. The van der Waals surface area contributed by atoms with E-state index in [2.05, 4.69) is 22.6 Å². The Morgan fingerprint density at radius 3 is 2.56 bits per heavy atom. The van der Waals surface area contributed by atoms with Crippen LogP contribution in [0, 0.1) is 3.57 Å². The van der Waals surface area contributed by atoms with Crippen molar-refractivity contribution < 1.29 is 9.53 Å². The van der Waals surface area contributed by atoms with E-state index in [1.54, 1.807) is 0 Å². The van der Waals surface area contributed by atoms with Crippen LogP contribution in [0.2, 0.25) is 6.32 Å². The molecule has 0 aliphatic carbocycles. The predicted octanol–water partition coefficient (Wildman–Crippen LogP) is 2.11. The third-order valence-corrected chi connectivity index (χ3v) is 3.03. The number of carbonyl (C=O) groups excluding carboxylic acids is 1. The molecular formula is C12H16BIO2. The molecule has 0 unspecified atom stereocenters. The highest BCUT2D eigenvalue weighted by molar-refractivity contribution is 14.1. The summed E-state index contributed by atoms with van der Waals surface area (Å²) in [4.78, 5) is 11.5. The summed E-state index contributed by atoms with van der Waals surface area (Å²) in [5.74, 6) is -0.132. The standard InChI is InChI=1S/C12H16BIO2/c1-12(2,3)16-11(15)8-13-9-6-4-5-7-10(9)14/h4-7,13H,8H2,1-3H3.